The molecule has 1 aliphatic heterocycles. The van der Waals surface area contributed by atoms with Gasteiger partial charge in [-0.25, -0.2) is 9.79 Å². The number of carbonyl (C=O) groups excluding carboxylic acids is 2. The minimum absolute atomic E-state index is 0.167. The van der Waals surface area contributed by atoms with Gasteiger partial charge in [0.15, 0.2) is 16.3 Å². The molecule has 1 unspecified atom stereocenters. The van der Waals surface area contributed by atoms with Gasteiger partial charge in [-0.1, -0.05) is 33.3 Å². The Bertz CT molecular complexity index is 1640. The molecule has 1 aromatic heterocycles. The maximum absolute atomic E-state index is 13.9. The molecular formula is C27H25BrN2O7S. The molecule has 9 nitrogen and oxygen atoms in total. The molecule has 1 atom stereocenters. The molecule has 2 heterocycles. The van der Waals surface area contributed by atoms with Crippen LogP contribution in [-0.2, 0) is 14.3 Å². The molecule has 0 amide bonds. The molecule has 198 valence electrons. The fourth-order valence-corrected chi connectivity index (χ4v) is 5.57. The van der Waals surface area contributed by atoms with Crippen LogP contribution in [0.25, 0.3) is 6.08 Å². The van der Waals surface area contributed by atoms with E-state index in [0.29, 0.717) is 43.4 Å². The monoisotopic (exact) mass is 600 g/mol. The molecule has 38 heavy (non-hydrogen) atoms. The van der Waals surface area contributed by atoms with Crippen molar-refractivity contribution in [2.75, 3.05) is 20.8 Å². The number of aromatic nitrogens is 1. The van der Waals surface area contributed by atoms with E-state index in [1.54, 1.807) is 56.3 Å². The van der Waals surface area contributed by atoms with Gasteiger partial charge >= 0.3 is 11.9 Å². The van der Waals surface area contributed by atoms with E-state index in [1.165, 1.54) is 37.0 Å². The van der Waals surface area contributed by atoms with Crippen molar-refractivity contribution in [1.82, 2.24) is 4.57 Å². The smallest absolute Gasteiger partial charge is 0.338 e. The molecule has 0 N–H and O–H groups in total. The van der Waals surface area contributed by atoms with Crippen LogP contribution in [0, 0.1) is 0 Å². The van der Waals surface area contributed by atoms with Gasteiger partial charge < -0.3 is 18.9 Å². The van der Waals surface area contributed by atoms with Crippen LogP contribution < -0.4 is 29.1 Å². The second-order valence-corrected chi connectivity index (χ2v) is 10.1. The van der Waals surface area contributed by atoms with E-state index >= 15 is 0 Å². The van der Waals surface area contributed by atoms with E-state index < -0.39 is 18.0 Å². The highest BCUT2D eigenvalue weighted by Gasteiger charge is 2.34. The van der Waals surface area contributed by atoms with Crippen molar-refractivity contribution < 1.29 is 28.5 Å². The third-order valence-corrected chi connectivity index (χ3v) is 7.23. The van der Waals surface area contributed by atoms with Gasteiger partial charge in [0.2, 0.25) is 0 Å². The molecule has 11 heteroatoms. The molecule has 0 spiro atoms. The number of carbonyl (C=O) groups is 2. The van der Waals surface area contributed by atoms with Crippen molar-refractivity contribution in [3.63, 3.8) is 0 Å². The van der Waals surface area contributed by atoms with Crippen LogP contribution in [0.1, 0.15) is 37.9 Å². The Morgan fingerprint density at radius 2 is 1.82 bits per heavy atom. The summed E-state index contributed by atoms with van der Waals surface area (Å²) >= 11 is 4.59. The summed E-state index contributed by atoms with van der Waals surface area (Å²) in [7, 11) is 3.04. The van der Waals surface area contributed by atoms with Gasteiger partial charge in [0.1, 0.15) is 5.75 Å². The van der Waals surface area contributed by atoms with Crippen LogP contribution in [0.15, 0.2) is 61.9 Å². The van der Waals surface area contributed by atoms with E-state index in [2.05, 4.69) is 20.9 Å². The first-order valence-corrected chi connectivity index (χ1v) is 13.2. The number of rotatable bonds is 7. The number of hydrogen-bond acceptors (Lipinski definition) is 9. The van der Waals surface area contributed by atoms with E-state index in [4.69, 9.17) is 18.9 Å². The Balaban J connectivity index is 1.98. The van der Waals surface area contributed by atoms with Crippen molar-refractivity contribution >= 4 is 45.3 Å². The average Bonchev–Trinajstić information content (AvgIpc) is 3.18. The summed E-state index contributed by atoms with van der Waals surface area (Å²) in [5.74, 6) is 0.227. The molecule has 1 aliphatic rings. The maximum Gasteiger partial charge on any atom is 0.338 e. The van der Waals surface area contributed by atoms with Crippen molar-refractivity contribution in [2.24, 2.45) is 4.99 Å². The van der Waals surface area contributed by atoms with E-state index in [9.17, 15) is 14.4 Å². The first-order valence-electron chi connectivity index (χ1n) is 11.6. The predicted molar refractivity (Wildman–Crippen MR) is 145 cm³/mol. The number of ether oxygens (including phenoxy) is 4. The normalized spacial score (nSPS) is 15.0. The van der Waals surface area contributed by atoms with Crippen molar-refractivity contribution in [3.05, 3.63) is 83.0 Å². The number of hydrogen-bond donors (Lipinski definition) is 0. The summed E-state index contributed by atoms with van der Waals surface area (Å²) in [5.41, 5.74) is 1.48. The third kappa shape index (κ3) is 5.30. The third-order valence-electron chi connectivity index (χ3n) is 5.75. The van der Waals surface area contributed by atoms with Crippen LogP contribution >= 0.6 is 27.3 Å². The molecular weight excluding hydrogens is 576 g/mol. The zero-order chi connectivity index (χ0) is 27.6. The molecule has 0 bridgehead atoms. The fraction of sp³-hybridized carbons (Fsp3) is 0.259. The van der Waals surface area contributed by atoms with Gasteiger partial charge in [0, 0.05) is 17.0 Å². The minimum Gasteiger partial charge on any atom is -0.493 e. The van der Waals surface area contributed by atoms with Crippen molar-refractivity contribution in [3.8, 4) is 17.2 Å². The highest BCUT2D eigenvalue weighted by atomic mass is 79.9. The van der Waals surface area contributed by atoms with Crippen molar-refractivity contribution in [2.45, 2.75) is 26.8 Å². The van der Waals surface area contributed by atoms with Crippen LogP contribution in [0.3, 0.4) is 0 Å². The topological polar surface area (TPSA) is 105 Å². The summed E-state index contributed by atoms with van der Waals surface area (Å²) in [6.07, 6.45) is 1.64. The minimum atomic E-state index is -0.817. The Labute approximate surface area is 230 Å². The van der Waals surface area contributed by atoms with Crippen LogP contribution in [0.5, 0.6) is 17.2 Å². The van der Waals surface area contributed by atoms with Gasteiger partial charge in [-0.05, 0) is 55.8 Å². The highest BCUT2D eigenvalue weighted by molar-refractivity contribution is 9.10. The number of benzene rings is 2. The highest BCUT2D eigenvalue weighted by Crippen LogP contribution is 2.36. The van der Waals surface area contributed by atoms with Gasteiger partial charge in [-0.3, -0.25) is 14.2 Å². The van der Waals surface area contributed by atoms with Crippen molar-refractivity contribution in [1.29, 1.82) is 0 Å². The maximum atomic E-state index is 13.9. The summed E-state index contributed by atoms with van der Waals surface area (Å²) in [5, 5.41) is 0. The number of methoxy groups -OCH3 is 2. The number of allylic oxidation sites excluding steroid dienone is 1. The second-order valence-electron chi connectivity index (χ2n) is 8.19. The number of nitrogens with zero attached hydrogens (tertiary/aromatic N) is 2. The number of esters is 2. The lowest BCUT2D eigenvalue weighted by Gasteiger charge is -2.25. The largest absolute Gasteiger partial charge is 0.493 e. The molecule has 0 saturated heterocycles. The number of fused-ring (bicyclic) bond motifs is 1. The average molecular weight is 601 g/mol. The molecule has 2 aromatic carbocycles. The van der Waals surface area contributed by atoms with Gasteiger partial charge in [-0.2, -0.15) is 0 Å². The molecule has 0 fully saturated rings. The van der Waals surface area contributed by atoms with Crippen LogP contribution in [-0.4, -0.2) is 37.3 Å². The summed E-state index contributed by atoms with van der Waals surface area (Å²) in [6.45, 7) is 4.90. The molecule has 4 rings (SSSR count). The molecule has 3 aromatic rings. The zero-order valence-corrected chi connectivity index (χ0v) is 23.8. The summed E-state index contributed by atoms with van der Waals surface area (Å²) < 4.78 is 24.1. The lowest BCUT2D eigenvalue weighted by Crippen LogP contribution is -2.40. The van der Waals surface area contributed by atoms with Crippen LogP contribution in [0.2, 0.25) is 0 Å². The van der Waals surface area contributed by atoms with E-state index in [-0.39, 0.29) is 17.7 Å². The Morgan fingerprint density at radius 3 is 2.47 bits per heavy atom. The first-order chi connectivity index (χ1) is 18.2. The quantitative estimate of drug-likeness (QED) is 0.302. The lowest BCUT2D eigenvalue weighted by atomic mass is 9.95. The SMILES string of the molecule is CCOC(=O)C1=C(C)N=c2s/c(=C/c3cc(Br)ccc3OC(C)=O)c(=O)n2C1c1ccc(OC)c(OC)c1. The van der Waals surface area contributed by atoms with Gasteiger partial charge in [-0.15, -0.1) is 0 Å². The predicted octanol–water partition coefficient (Wildman–Crippen LogP) is 3.50. The summed E-state index contributed by atoms with van der Waals surface area (Å²) in [6, 6.07) is 9.53. The molecule has 0 radical (unpaired) electrons. The van der Waals surface area contributed by atoms with Gasteiger partial charge in [0.05, 0.1) is 42.7 Å². The fourth-order valence-electron chi connectivity index (χ4n) is 4.15. The molecule has 0 aliphatic carbocycles. The Kier molecular flexibility index (Phi) is 8.17. The number of halogens is 1. The standard InChI is InChI=1S/C27H25BrN2O7S/c1-6-36-26(33)23-14(2)29-27-30(24(23)16-7-9-20(34-4)21(12-16)35-5)25(32)22(38-27)13-17-11-18(28)8-10-19(17)37-15(3)31/h7-13,24H,6H2,1-5H3/b22-13+. The second kappa shape index (κ2) is 11.4. The zero-order valence-electron chi connectivity index (χ0n) is 21.4. The number of thiazole rings is 1. The summed E-state index contributed by atoms with van der Waals surface area (Å²) in [4.78, 5) is 43.6. The molecule has 0 saturated carbocycles. The first kappa shape index (κ1) is 27.3. The Hall–Kier alpha value is -3.70. The Morgan fingerprint density at radius 1 is 1.11 bits per heavy atom. The van der Waals surface area contributed by atoms with Crippen LogP contribution in [0.4, 0.5) is 0 Å². The van der Waals surface area contributed by atoms with E-state index in [1.807, 2.05) is 0 Å². The van der Waals surface area contributed by atoms with Gasteiger partial charge in [0.25, 0.3) is 5.56 Å². The lowest BCUT2D eigenvalue weighted by molar-refractivity contribution is -0.139. The van der Waals surface area contributed by atoms with E-state index in [0.717, 1.165) is 4.47 Å².